The SMILES string of the molecule is CCCCCC(=O)N(Cc1ccccc1N)C1CC1. The first-order chi connectivity index (χ1) is 9.22. The molecule has 0 atom stereocenters. The van der Waals surface area contributed by atoms with Crippen molar-refractivity contribution >= 4 is 11.6 Å². The second-order valence-corrected chi connectivity index (χ2v) is 5.41. The van der Waals surface area contributed by atoms with Gasteiger partial charge in [0.1, 0.15) is 0 Å². The van der Waals surface area contributed by atoms with Crippen molar-refractivity contribution < 1.29 is 4.79 Å². The van der Waals surface area contributed by atoms with Gasteiger partial charge in [-0.05, 0) is 30.9 Å². The molecule has 0 bridgehead atoms. The molecule has 1 aliphatic rings. The van der Waals surface area contributed by atoms with Crippen LogP contribution in [0.1, 0.15) is 51.0 Å². The van der Waals surface area contributed by atoms with E-state index >= 15 is 0 Å². The van der Waals surface area contributed by atoms with Crippen molar-refractivity contribution in [1.82, 2.24) is 4.90 Å². The second kappa shape index (κ2) is 6.60. The van der Waals surface area contributed by atoms with Crippen molar-refractivity contribution in [2.45, 2.75) is 58.0 Å². The molecular formula is C16H24N2O. The van der Waals surface area contributed by atoms with E-state index in [1.165, 1.54) is 0 Å². The lowest BCUT2D eigenvalue weighted by Gasteiger charge is -2.23. The molecule has 0 aliphatic heterocycles. The van der Waals surface area contributed by atoms with Gasteiger partial charge in [-0.3, -0.25) is 4.79 Å². The van der Waals surface area contributed by atoms with E-state index in [0.29, 0.717) is 24.9 Å². The van der Waals surface area contributed by atoms with Crippen LogP contribution in [0.5, 0.6) is 0 Å². The highest BCUT2D eigenvalue weighted by atomic mass is 16.2. The van der Waals surface area contributed by atoms with Gasteiger partial charge in [0.05, 0.1) is 0 Å². The summed E-state index contributed by atoms with van der Waals surface area (Å²) in [4.78, 5) is 14.3. The zero-order chi connectivity index (χ0) is 13.7. The fourth-order valence-corrected chi connectivity index (χ4v) is 2.34. The minimum Gasteiger partial charge on any atom is -0.398 e. The predicted octanol–water partition coefficient (Wildman–Crippen LogP) is 3.34. The lowest BCUT2D eigenvalue weighted by atomic mass is 10.1. The first-order valence-corrected chi connectivity index (χ1v) is 7.35. The molecule has 3 heteroatoms. The summed E-state index contributed by atoms with van der Waals surface area (Å²) in [6.45, 7) is 2.83. The van der Waals surface area contributed by atoms with E-state index in [1.54, 1.807) is 0 Å². The average Bonchev–Trinajstić information content (AvgIpc) is 3.22. The number of unbranched alkanes of at least 4 members (excludes halogenated alkanes) is 2. The summed E-state index contributed by atoms with van der Waals surface area (Å²) < 4.78 is 0. The van der Waals surface area contributed by atoms with Crippen LogP contribution in [0.15, 0.2) is 24.3 Å². The highest BCUT2D eigenvalue weighted by molar-refractivity contribution is 5.77. The highest BCUT2D eigenvalue weighted by Crippen LogP contribution is 2.30. The molecule has 1 aliphatic carbocycles. The summed E-state index contributed by atoms with van der Waals surface area (Å²) in [6.07, 6.45) is 6.26. The lowest BCUT2D eigenvalue weighted by molar-refractivity contribution is -0.132. The molecule has 0 saturated heterocycles. The zero-order valence-electron chi connectivity index (χ0n) is 11.8. The van der Waals surface area contributed by atoms with E-state index in [-0.39, 0.29) is 0 Å². The van der Waals surface area contributed by atoms with Crippen LogP contribution in [0.25, 0.3) is 0 Å². The fraction of sp³-hybridized carbons (Fsp3) is 0.562. The molecule has 104 valence electrons. The normalized spacial score (nSPS) is 14.4. The van der Waals surface area contributed by atoms with E-state index in [9.17, 15) is 4.79 Å². The van der Waals surface area contributed by atoms with E-state index < -0.39 is 0 Å². The van der Waals surface area contributed by atoms with Gasteiger partial charge in [-0.25, -0.2) is 0 Å². The average molecular weight is 260 g/mol. The van der Waals surface area contributed by atoms with Gasteiger partial charge in [-0.1, -0.05) is 38.0 Å². The Morgan fingerprint density at radius 3 is 2.68 bits per heavy atom. The third-order valence-electron chi connectivity index (χ3n) is 3.70. The Morgan fingerprint density at radius 1 is 1.32 bits per heavy atom. The van der Waals surface area contributed by atoms with Crippen molar-refractivity contribution in [3.63, 3.8) is 0 Å². The van der Waals surface area contributed by atoms with Gasteiger partial charge >= 0.3 is 0 Å². The van der Waals surface area contributed by atoms with Gasteiger partial charge in [0.2, 0.25) is 5.91 Å². The van der Waals surface area contributed by atoms with E-state index in [0.717, 1.165) is 43.4 Å². The smallest absolute Gasteiger partial charge is 0.223 e. The van der Waals surface area contributed by atoms with E-state index in [1.807, 2.05) is 29.2 Å². The zero-order valence-corrected chi connectivity index (χ0v) is 11.8. The van der Waals surface area contributed by atoms with E-state index in [2.05, 4.69) is 6.92 Å². The molecule has 0 aromatic heterocycles. The minimum absolute atomic E-state index is 0.291. The number of para-hydroxylation sites is 1. The number of rotatable bonds is 7. The summed E-state index contributed by atoms with van der Waals surface area (Å²) in [5, 5.41) is 0. The van der Waals surface area contributed by atoms with Crippen LogP contribution in [0.4, 0.5) is 5.69 Å². The molecule has 1 aromatic carbocycles. The van der Waals surface area contributed by atoms with Crippen molar-refractivity contribution in [2.75, 3.05) is 5.73 Å². The molecule has 1 fully saturated rings. The van der Waals surface area contributed by atoms with Gasteiger partial charge in [-0.15, -0.1) is 0 Å². The molecule has 2 N–H and O–H groups in total. The first-order valence-electron chi connectivity index (χ1n) is 7.35. The molecule has 0 radical (unpaired) electrons. The third-order valence-corrected chi connectivity index (χ3v) is 3.70. The standard InChI is InChI=1S/C16H24N2O/c1-2-3-4-9-16(19)18(14-10-11-14)12-13-7-5-6-8-15(13)17/h5-8,14H,2-4,9-12,17H2,1H3. The molecule has 1 amide bonds. The van der Waals surface area contributed by atoms with Crippen LogP contribution in [0.3, 0.4) is 0 Å². The van der Waals surface area contributed by atoms with Crippen LogP contribution in [-0.2, 0) is 11.3 Å². The molecule has 0 unspecified atom stereocenters. The third kappa shape index (κ3) is 3.98. The number of anilines is 1. The van der Waals surface area contributed by atoms with Gasteiger partial charge in [0.15, 0.2) is 0 Å². The number of nitrogens with zero attached hydrogens (tertiary/aromatic N) is 1. The Labute approximate surface area is 115 Å². The number of hydrogen-bond acceptors (Lipinski definition) is 2. The summed E-state index contributed by atoms with van der Waals surface area (Å²) in [6, 6.07) is 8.29. The summed E-state index contributed by atoms with van der Waals surface area (Å²) in [7, 11) is 0. The van der Waals surface area contributed by atoms with Crippen LogP contribution >= 0.6 is 0 Å². The molecule has 0 spiro atoms. The largest absolute Gasteiger partial charge is 0.398 e. The summed E-state index contributed by atoms with van der Waals surface area (Å²) >= 11 is 0. The molecule has 1 aromatic rings. The Bertz CT molecular complexity index is 427. The number of amides is 1. The van der Waals surface area contributed by atoms with Crippen molar-refractivity contribution in [1.29, 1.82) is 0 Å². The molecule has 19 heavy (non-hydrogen) atoms. The van der Waals surface area contributed by atoms with Crippen molar-refractivity contribution in [2.24, 2.45) is 0 Å². The number of nitrogens with two attached hydrogens (primary N) is 1. The summed E-state index contributed by atoms with van der Waals surface area (Å²) in [5.74, 6) is 0.291. The maximum Gasteiger partial charge on any atom is 0.223 e. The maximum atomic E-state index is 12.3. The van der Waals surface area contributed by atoms with E-state index in [4.69, 9.17) is 5.73 Å². The second-order valence-electron chi connectivity index (χ2n) is 5.41. The predicted molar refractivity (Wildman–Crippen MR) is 78.6 cm³/mol. The Kier molecular flexibility index (Phi) is 4.83. The maximum absolute atomic E-state index is 12.3. The minimum atomic E-state index is 0.291. The van der Waals surface area contributed by atoms with Gasteiger partial charge in [0, 0.05) is 24.7 Å². The number of carbonyl (C=O) groups is 1. The number of nitrogen functional groups attached to an aromatic ring is 1. The van der Waals surface area contributed by atoms with Gasteiger partial charge in [0.25, 0.3) is 0 Å². The Morgan fingerprint density at radius 2 is 2.05 bits per heavy atom. The quantitative estimate of drug-likeness (QED) is 0.603. The number of hydrogen-bond donors (Lipinski definition) is 1. The monoisotopic (exact) mass is 260 g/mol. The molecule has 3 nitrogen and oxygen atoms in total. The van der Waals surface area contributed by atoms with Gasteiger partial charge in [-0.2, -0.15) is 0 Å². The highest BCUT2D eigenvalue weighted by Gasteiger charge is 2.32. The molecule has 0 heterocycles. The Hall–Kier alpha value is -1.51. The van der Waals surface area contributed by atoms with Crippen LogP contribution in [-0.4, -0.2) is 16.8 Å². The Balaban J connectivity index is 1.96. The topological polar surface area (TPSA) is 46.3 Å². The summed E-state index contributed by atoms with van der Waals surface area (Å²) in [5.41, 5.74) is 7.83. The molecule has 1 saturated carbocycles. The molecular weight excluding hydrogens is 236 g/mol. The van der Waals surface area contributed by atoms with Crippen molar-refractivity contribution in [3.05, 3.63) is 29.8 Å². The number of carbonyl (C=O) groups excluding carboxylic acids is 1. The van der Waals surface area contributed by atoms with Crippen molar-refractivity contribution in [3.8, 4) is 0 Å². The van der Waals surface area contributed by atoms with Gasteiger partial charge < -0.3 is 10.6 Å². The lowest BCUT2D eigenvalue weighted by Crippen LogP contribution is -2.32. The van der Waals surface area contributed by atoms with Crippen LogP contribution in [0.2, 0.25) is 0 Å². The molecule has 2 rings (SSSR count). The number of benzene rings is 1. The van der Waals surface area contributed by atoms with Crippen LogP contribution in [0, 0.1) is 0 Å². The fourth-order valence-electron chi connectivity index (χ4n) is 2.34. The first kappa shape index (κ1) is 13.9. The van der Waals surface area contributed by atoms with Crippen LogP contribution < -0.4 is 5.73 Å².